The van der Waals surface area contributed by atoms with Crippen LogP contribution < -0.4 is 5.32 Å². The lowest BCUT2D eigenvalue weighted by Crippen LogP contribution is -2.53. The van der Waals surface area contributed by atoms with Gasteiger partial charge in [-0.25, -0.2) is 17.6 Å². The minimum Gasteiger partial charge on any atom is -0.338 e. The topological polar surface area (TPSA) is 69.7 Å². The van der Waals surface area contributed by atoms with Gasteiger partial charge in [-0.2, -0.15) is 4.31 Å². The fraction of sp³-hybridized carbons (Fsp3) is 0.316. The third-order valence-electron chi connectivity index (χ3n) is 4.51. The number of rotatable bonds is 5. The third-order valence-corrected chi connectivity index (χ3v) is 6.42. The van der Waals surface area contributed by atoms with Gasteiger partial charge in [0.25, 0.3) is 0 Å². The number of piperazine rings is 1. The van der Waals surface area contributed by atoms with Crippen LogP contribution in [0.4, 0.5) is 9.18 Å². The fourth-order valence-corrected chi connectivity index (χ4v) is 4.39. The van der Waals surface area contributed by atoms with Crippen LogP contribution in [0.3, 0.4) is 0 Å². The summed E-state index contributed by atoms with van der Waals surface area (Å²) in [7, 11) is -3.52. The smallest absolute Gasteiger partial charge is 0.317 e. The number of hydrogen-bond acceptors (Lipinski definition) is 3. The van der Waals surface area contributed by atoms with Gasteiger partial charge in [0.05, 0.1) is 4.90 Å². The van der Waals surface area contributed by atoms with Crippen molar-refractivity contribution in [2.75, 3.05) is 32.7 Å². The van der Waals surface area contributed by atoms with Crippen LogP contribution >= 0.6 is 0 Å². The first-order valence-electron chi connectivity index (χ1n) is 8.79. The Labute approximate surface area is 158 Å². The number of urea groups is 1. The minimum atomic E-state index is -3.52. The highest BCUT2D eigenvalue weighted by Crippen LogP contribution is 2.17. The molecule has 1 saturated heterocycles. The monoisotopic (exact) mass is 391 g/mol. The molecule has 144 valence electrons. The van der Waals surface area contributed by atoms with Crippen LogP contribution in [0.5, 0.6) is 0 Å². The number of nitrogens with zero attached hydrogens (tertiary/aromatic N) is 2. The normalized spacial score (nSPS) is 15.5. The molecule has 0 aromatic heterocycles. The number of halogens is 1. The van der Waals surface area contributed by atoms with Crippen LogP contribution in [-0.2, 0) is 16.4 Å². The molecule has 2 aromatic carbocycles. The molecule has 0 spiro atoms. The van der Waals surface area contributed by atoms with E-state index in [0.29, 0.717) is 26.1 Å². The van der Waals surface area contributed by atoms with Crippen molar-refractivity contribution in [1.82, 2.24) is 14.5 Å². The molecule has 0 radical (unpaired) electrons. The van der Waals surface area contributed by atoms with Gasteiger partial charge >= 0.3 is 6.03 Å². The van der Waals surface area contributed by atoms with Gasteiger partial charge in [-0.15, -0.1) is 0 Å². The number of amides is 2. The van der Waals surface area contributed by atoms with Crippen molar-refractivity contribution in [3.05, 3.63) is 66.0 Å². The Morgan fingerprint density at radius 1 is 0.963 bits per heavy atom. The Kier molecular flexibility index (Phi) is 6.08. The van der Waals surface area contributed by atoms with E-state index < -0.39 is 10.0 Å². The summed E-state index contributed by atoms with van der Waals surface area (Å²) < 4.78 is 39.5. The molecule has 8 heteroatoms. The predicted octanol–water partition coefficient (Wildman–Crippen LogP) is 2.08. The number of hydrogen-bond donors (Lipinski definition) is 1. The molecule has 3 rings (SSSR count). The summed E-state index contributed by atoms with van der Waals surface area (Å²) in [6.07, 6.45) is 0.606. The zero-order valence-corrected chi connectivity index (χ0v) is 15.7. The molecule has 0 saturated carbocycles. The molecule has 27 heavy (non-hydrogen) atoms. The Morgan fingerprint density at radius 2 is 1.59 bits per heavy atom. The molecular weight excluding hydrogens is 369 g/mol. The van der Waals surface area contributed by atoms with E-state index in [1.807, 2.05) is 0 Å². The van der Waals surface area contributed by atoms with Gasteiger partial charge in [0.2, 0.25) is 10.0 Å². The molecule has 1 aliphatic heterocycles. The van der Waals surface area contributed by atoms with Gasteiger partial charge < -0.3 is 10.2 Å². The molecule has 1 fully saturated rings. The average molecular weight is 391 g/mol. The van der Waals surface area contributed by atoms with Gasteiger partial charge in [0, 0.05) is 32.7 Å². The third kappa shape index (κ3) is 4.84. The van der Waals surface area contributed by atoms with E-state index in [4.69, 9.17) is 0 Å². The van der Waals surface area contributed by atoms with E-state index in [9.17, 15) is 17.6 Å². The first-order valence-corrected chi connectivity index (χ1v) is 10.2. The van der Waals surface area contributed by atoms with E-state index in [0.717, 1.165) is 5.56 Å². The molecule has 1 aliphatic rings. The zero-order valence-electron chi connectivity index (χ0n) is 14.8. The molecule has 0 atom stereocenters. The number of carbonyl (C=O) groups excluding carboxylic acids is 1. The SMILES string of the molecule is O=C(NCCc1ccc(F)cc1)N1CCN(S(=O)(=O)c2ccccc2)CC1. The molecule has 6 nitrogen and oxygen atoms in total. The maximum Gasteiger partial charge on any atom is 0.317 e. The van der Waals surface area contributed by atoms with Crippen molar-refractivity contribution >= 4 is 16.1 Å². The van der Waals surface area contributed by atoms with Crippen LogP contribution in [0.25, 0.3) is 0 Å². The minimum absolute atomic E-state index is 0.214. The van der Waals surface area contributed by atoms with E-state index in [-0.39, 0.29) is 29.8 Å². The van der Waals surface area contributed by atoms with Crippen LogP contribution in [0.2, 0.25) is 0 Å². The maximum absolute atomic E-state index is 12.9. The van der Waals surface area contributed by atoms with Crippen LogP contribution in [-0.4, -0.2) is 56.4 Å². The first kappa shape index (κ1) is 19.3. The number of sulfonamides is 1. The number of carbonyl (C=O) groups is 1. The predicted molar refractivity (Wildman–Crippen MR) is 100 cm³/mol. The Morgan fingerprint density at radius 3 is 2.22 bits per heavy atom. The molecule has 2 amide bonds. The summed E-state index contributed by atoms with van der Waals surface area (Å²) in [6, 6.07) is 14.3. The van der Waals surface area contributed by atoms with E-state index in [2.05, 4.69) is 5.32 Å². The van der Waals surface area contributed by atoms with Crippen molar-refractivity contribution in [3.63, 3.8) is 0 Å². The molecular formula is C19H22FN3O3S. The lowest BCUT2D eigenvalue weighted by molar-refractivity contribution is 0.172. The molecule has 0 bridgehead atoms. The highest BCUT2D eigenvalue weighted by Gasteiger charge is 2.29. The highest BCUT2D eigenvalue weighted by atomic mass is 32.2. The quantitative estimate of drug-likeness (QED) is 0.849. The highest BCUT2D eigenvalue weighted by molar-refractivity contribution is 7.89. The Hall–Kier alpha value is -2.45. The lowest BCUT2D eigenvalue weighted by atomic mass is 10.1. The van der Waals surface area contributed by atoms with Crippen LogP contribution in [0, 0.1) is 5.82 Å². The zero-order chi connectivity index (χ0) is 19.3. The first-order chi connectivity index (χ1) is 13.0. The summed E-state index contributed by atoms with van der Waals surface area (Å²) in [6.45, 7) is 1.65. The van der Waals surface area contributed by atoms with E-state index in [1.54, 1.807) is 47.4 Å². The van der Waals surface area contributed by atoms with Crippen molar-refractivity contribution in [1.29, 1.82) is 0 Å². The summed E-state index contributed by atoms with van der Waals surface area (Å²) in [5, 5.41) is 2.83. The summed E-state index contributed by atoms with van der Waals surface area (Å²) in [4.78, 5) is 14.1. The largest absolute Gasteiger partial charge is 0.338 e. The molecule has 0 aliphatic carbocycles. The van der Waals surface area contributed by atoms with E-state index >= 15 is 0 Å². The van der Waals surface area contributed by atoms with Gasteiger partial charge in [-0.1, -0.05) is 30.3 Å². The van der Waals surface area contributed by atoms with Crippen LogP contribution in [0.1, 0.15) is 5.56 Å². The standard InChI is InChI=1S/C19H22FN3O3S/c20-17-8-6-16(7-9-17)10-11-21-19(24)22-12-14-23(15-13-22)27(25,26)18-4-2-1-3-5-18/h1-9H,10-15H2,(H,21,24). The van der Waals surface area contributed by atoms with Crippen molar-refractivity contribution in [2.45, 2.75) is 11.3 Å². The Bertz CT molecular complexity index is 865. The lowest BCUT2D eigenvalue weighted by Gasteiger charge is -2.34. The summed E-state index contributed by atoms with van der Waals surface area (Å²) in [5.41, 5.74) is 0.940. The summed E-state index contributed by atoms with van der Waals surface area (Å²) in [5.74, 6) is -0.286. The van der Waals surface area contributed by atoms with Crippen molar-refractivity contribution in [3.8, 4) is 0 Å². The van der Waals surface area contributed by atoms with Crippen molar-refractivity contribution in [2.24, 2.45) is 0 Å². The van der Waals surface area contributed by atoms with Crippen molar-refractivity contribution < 1.29 is 17.6 Å². The van der Waals surface area contributed by atoms with E-state index in [1.165, 1.54) is 16.4 Å². The second kappa shape index (κ2) is 8.49. The van der Waals surface area contributed by atoms with Gasteiger partial charge in [-0.3, -0.25) is 0 Å². The summed E-state index contributed by atoms with van der Waals surface area (Å²) >= 11 is 0. The van der Waals surface area contributed by atoms with Gasteiger partial charge in [0.15, 0.2) is 0 Å². The maximum atomic E-state index is 12.9. The molecule has 2 aromatic rings. The molecule has 1 heterocycles. The number of nitrogens with one attached hydrogen (secondary N) is 1. The molecule has 0 unspecified atom stereocenters. The number of benzene rings is 2. The van der Waals surface area contributed by atoms with Gasteiger partial charge in [-0.05, 0) is 36.2 Å². The fourth-order valence-electron chi connectivity index (χ4n) is 2.95. The second-order valence-corrected chi connectivity index (χ2v) is 8.25. The second-order valence-electron chi connectivity index (χ2n) is 6.31. The average Bonchev–Trinajstić information content (AvgIpc) is 2.70. The Balaban J connectivity index is 1.47. The van der Waals surface area contributed by atoms with Gasteiger partial charge in [0.1, 0.15) is 5.82 Å². The molecule has 1 N–H and O–H groups in total. The van der Waals surface area contributed by atoms with Crippen LogP contribution in [0.15, 0.2) is 59.5 Å².